The molecule has 0 aliphatic rings. The topological polar surface area (TPSA) is 43.1 Å². The summed E-state index contributed by atoms with van der Waals surface area (Å²) in [6.07, 6.45) is 2.92. The minimum atomic E-state index is 0.924. The van der Waals surface area contributed by atoms with Gasteiger partial charge in [-0.2, -0.15) is 5.10 Å². The summed E-state index contributed by atoms with van der Waals surface area (Å²) in [6.45, 7) is 6.21. The summed E-state index contributed by atoms with van der Waals surface area (Å²) in [5, 5.41) is 6.66. The van der Waals surface area contributed by atoms with Gasteiger partial charge >= 0.3 is 0 Å². The molecular weight excluding hydrogens is 252 g/mol. The highest BCUT2D eigenvalue weighted by Gasteiger charge is 2.13. The molecule has 0 aliphatic carbocycles. The number of thiazole rings is 1. The Balaban J connectivity index is 2.12. The predicted molar refractivity (Wildman–Crippen MR) is 70.8 cm³/mol. The van der Waals surface area contributed by atoms with E-state index in [4.69, 9.17) is 0 Å². The molecule has 0 aromatic carbocycles. The number of hydrogen-bond acceptors (Lipinski definition) is 5. The highest BCUT2D eigenvalue weighted by atomic mass is 32.1. The molecule has 0 unspecified atom stereocenters. The van der Waals surface area contributed by atoms with Crippen LogP contribution in [0.4, 0.5) is 0 Å². The zero-order chi connectivity index (χ0) is 12.0. The van der Waals surface area contributed by atoms with Gasteiger partial charge in [0.2, 0.25) is 4.96 Å². The second-order valence-corrected chi connectivity index (χ2v) is 6.29. The lowest BCUT2D eigenvalue weighted by Crippen LogP contribution is -1.84. The van der Waals surface area contributed by atoms with Crippen LogP contribution in [0.25, 0.3) is 16.3 Å². The van der Waals surface area contributed by atoms with Gasteiger partial charge in [-0.1, -0.05) is 18.3 Å². The molecule has 0 radical (unpaired) electrons. The van der Waals surface area contributed by atoms with Crippen molar-refractivity contribution in [3.05, 3.63) is 21.1 Å². The van der Waals surface area contributed by atoms with E-state index in [1.165, 1.54) is 4.88 Å². The largest absolute Gasteiger partial charge is 0.240 e. The Bertz CT molecular complexity index is 645. The Morgan fingerprint density at radius 2 is 2.06 bits per heavy atom. The third-order valence-corrected chi connectivity index (χ3v) is 4.49. The molecule has 0 bridgehead atoms. The fraction of sp³-hybridized carbons (Fsp3) is 0.364. The average molecular weight is 264 g/mol. The van der Waals surface area contributed by atoms with Crippen LogP contribution in [0.3, 0.4) is 0 Å². The van der Waals surface area contributed by atoms with Gasteiger partial charge in [-0.15, -0.1) is 11.3 Å². The van der Waals surface area contributed by atoms with Gasteiger partial charge in [0.25, 0.3) is 0 Å². The Hall–Kier alpha value is -1.27. The molecule has 0 aliphatic heterocycles. The number of hydrogen-bond donors (Lipinski definition) is 0. The molecule has 6 heteroatoms. The zero-order valence-electron chi connectivity index (χ0n) is 9.89. The molecule has 4 nitrogen and oxygen atoms in total. The standard InChI is InChI=1S/C11H12N4S2/c1-4-9-14-15-5-8(13-11(15)17-9)10-6(2)16-7(3)12-10/h5H,4H2,1-3H3. The minimum Gasteiger partial charge on any atom is -0.240 e. The van der Waals surface area contributed by atoms with Crippen molar-refractivity contribution >= 4 is 27.6 Å². The van der Waals surface area contributed by atoms with Crippen LogP contribution in [0.1, 0.15) is 21.8 Å². The van der Waals surface area contributed by atoms with Crippen molar-refractivity contribution in [3.8, 4) is 11.4 Å². The maximum Gasteiger partial charge on any atom is 0.212 e. The highest BCUT2D eigenvalue weighted by molar-refractivity contribution is 7.16. The van der Waals surface area contributed by atoms with Crippen molar-refractivity contribution < 1.29 is 0 Å². The number of nitrogens with zero attached hydrogens (tertiary/aromatic N) is 4. The van der Waals surface area contributed by atoms with E-state index in [0.717, 1.165) is 32.8 Å². The zero-order valence-corrected chi connectivity index (χ0v) is 11.5. The van der Waals surface area contributed by atoms with E-state index >= 15 is 0 Å². The number of rotatable bonds is 2. The molecule has 3 heterocycles. The summed E-state index contributed by atoms with van der Waals surface area (Å²) < 4.78 is 1.85. The van der Waals surface area contributed by atoms with Crippen molar-refractivity contribution in [3.63, 3.8) is 0 Å². The summed E-state index contributed by atoms with van der Waals surface area (Å²) in [5.74, 6) is 0. The first kappa shape index (κ1) is 10.9. The van der Waals surface area contributed by atoms with Crippen LogP contribution in [0.2, 0.25) is 0 Å². The van der Waals surface area contributed by atoms with E-state index in [1.807, 2.05) is 17.6 Å². The fourth-order valence-electron chi connectivity index (χ4n) is 1.76. The van der Waals surface area contributed by atoms with Gasteiger partial charge < -0.3 is 0 Å². The van der Waals surface area contributed by atoms with Crippen LogP contribution in [0.15, 0.2) is 6.20 Å². The average Bonchev–Trinajstić information content (AvgIpc) is 2.89. The number of aryl methyl sites for hydroxylation is 3. The molecule has 0 fully saturated rings. The van der Waals surface area contributed by atoms with Gasteiger partial charge in [0.1, 0.15) is 16.4 Å². The van der Waals surface area contributed by atoms with E-state index in [2.05, 4.69) is 28.9 Å². The molecule has 0 saturated carbocycles. The van der Waals surface area contributed by atoms with Crippen molar-refractivity contribution in [1.29, 1.82) is 0 Å². The van der Waals surface area contributed by atoms with Crippen LogP contribution in [0, 0.1) is 13.8 Å². The lowest BCUT2D eigenvalue weighted by atomic mass is 10.3. The van der Waals surface area contributed by atoms with Crippen LogP contribution < -0.4 is 0 Å². The Morgan fingerprint density at radius 1 is 1.24 bits per heavy atom. The molecule has 3 aromatic rings. The fourth-order valence-corrected chi connectivity index (χ4v) is 3.41. The van der Waals surface area contributed by atoms with Crippen molar-refractivity contribution in [2.75, 3.05) is 0 Å². The lowest BCUT2D eigenvalue weighted by molar-refractivity contribution is 0.910. The third kappa shape index (κ3) is 1.77. The summed E-state index contributed by atoms with van der Waals surface area (Å²) in [6, 6.07) is 0. The molecule has 0 atom stereocenters. The van der Waals surface area contributed by atoms with Crippen LogP contribution in [-0.2, 0) is 6.42 Å². The molecule has 0 N–H and O–H groups in total. The van der Waals surface area contributed by atoms with E-state index in [1.54, 1.807) is 22.7 Å². The third-order valence-electron chi connectivity index (χ3n) is 2.53. The van der Waals surface area contributed by atoms with Crippen LogP contribution in [0.5, 0.6) is 0 Å². The van der Waals surface area contributed by atoms with Gasteiger partial charge in [0.05, 0.1) is 11.2 Å². The van der Waals surface area contributed by atoms with Gasteiger partial charge in [0.15, 0.2) is 0 Å². The molecular formula is C11H12N4S2. The lowest BCUT2D eigenvalue weighted by Gasteiger charge is -1.90. The molecule has 17 heavy (non-hydrogen) atoms. The Labute approximate surface area is 107 Å². The summed E-state index contributed by atoms with van der Waals surface area (Å²) in [5.41, 5.74) is 1.91. The van der Waals surface area contributed by atoms with Crippen molar-refractivity contribution in [1.82, 2.24) is 19.6 Å². The molecule has 0 amide bonds. The monoisotopic (exact) mass is 264 g/mol. The second-order valence-electron chi connectivity index (χ2n) is 3.84. The maximum absolute atomic E-state index is 4.59. The smallest absolute Gasteiger partial charge is 0.212 e. The maximum atomic E-state index is 4.59. The first-order valence-corrected chi connectivity index (χ1v) is 7.10. The normalized spacial score (nSPS) is 11.5. The van der Waals surface area contributed by atoms with E-state index in [9.17, 15) is 0 Å². The highest BCUT2D eigenvalue weighted by Crippen LogP contribution is 2.27. The summed E-state index contributed by atoms with van der Waals surface area (Å²) in [4.78, 5) is 11.3. The number of imidazole rings is 1. The molecule has 88 valence electrons. The summed E-state index contributed by atoms with van der Waals surface area (Å²) >= 11 is 3.35. The van der Waals surface area contributed by atoms with Gasteiger partial charge in [-0.05, 0) is 20.3 Å². The molecule has 3 aromatic heterocycles. The van der Waals surface area contributed by atoms with Gasteiger partial charge in [-0.3, -0.25) is 0 Å². The van der Waals surface area contributed by atoms with Crippen molar-refractivity contribution in [2.45, 2.75) is 27.2 Å². The SMILES string of the molecule is CCc1nn2cc(-c3nc(C)sc3C)nc2s1. The Kier molecular flexibility index (Phi) is 2.48. The first-order valence-electron chi connectivity index (χ1n) is 5.47. The van der Waals surface area contributed by atoms with Crippen LogP contribution >= 0.6 is 22.7 Å². The summed E-state index contributed by atoms with van der Waals surface area (Å²) in [7, 11) is 0. The van der Waals surface area contributed by atoms with Crippen LogP contribution in [-0.4, -0.2) is 19.6 Å². The number of aromatic nitrogens is 4. The molecule has 0 saturated heterocycles. The van der Waals surface area contributed by atoms with Crippen molar-refractivity contribution in [2.24, 2.45) is 0 Å². The molecule has 3 rings (SSSR count). The quantitative estimate of drug-likeness (QED) is 0.714. The van der Waals surface area contributed by atoms with Gasteiger partial charge in [0, 0.05) is 4.88 Å². The second kappa shape index (κ2) is 3.89. The van der Waals surface area contributed by atoms with E-state index < -0.39 is 0 Å². The van der Waals surface area contributed by atoms with E-state index in [0.29, 0.717) is 0 Å². The first-order chi connectivity index (χ1) is 8.17. The number of fused-ring (bicyclic) bond motifs is 1. The molecule has 0 spiro atoms. The minimum absolute atomic E-state index is 0.924. The van der Waals surface area contributed by atoms with E-state index in [-0.39, 0.29) is 0 Å². The predicted octanol–water partition coefficient (Wildman–Crippen LogP) is 3.09. The van der Waals surface area contributed by atoms with Gasteiger partial charge in [-0.25, -0.2) is 14.5 Å². The Morgan fingerprint density at radius 3 is 2.65 bits per heavy atom.